The van der Waals surface area contributed by atoms with E-state index >= 15 is 0 Å². The average molecular weight is 269 g/mol. The van der Waals surface area contributed by atoms with E-state index in [1.54, 1.807) is 0 Å². The van der Waals surface area contributed by atoms with Crippen molar-refractivity contribution in [2.24, 2.45) is 0 Å². The van der Waals surface area contributed by atoms with Crippen LogP contribution < -0.4 is 4.90 Å². The minimum absolute atomic E-state index is 0.0885. The van der Waals surface area contributed by atoms with Crippen molar-refractivity contribution in [3.63, 3.8) is 0 Å². The van der Waals surface area contributed by atoms with Crippen LogP contribution in [-0.4, -0.2) is 24.8 Å². The summed E-state index contributed by atoms with van der Waals surface area (Å²) < 4.78 is 0.791. The first-order valence-corrected chi connectivity index (χ1v) is 5.58. The fourth-order valence-electron chi connectivity index (χ4n) is 1.46. The van der Waals surface area contributed by atoms with Crippen molar-refractivity contribution in [3.05, 3.63) is 28.2 Å². The van der Waals surface area contributed by atoms with Crippen LogP contribution in [0.3, 0.4) is 0 Å². The highest BCUT2D eigenvalue weighted by Gasteiger charge is 2.11. The first-order chi connectivity index (χ1) is 7.24. The van der Waals surface area contributed by atoms with E-state index in [9.17, 15) is 0 Å². The summed E-state index contributed by atoms with van der Waals surface area (Å²) >= 11 is 3.34. The summed E-state index contributed by atoms with van der Waals surface area (Å²) in [6.45, 7) is 3.40. The van der Waals surface area contributed by atoms with Crippen molar-refractivity contribution in [1.29, 1.82) is 5.26 Å². The van der Waals surface area contributed by atoms with Crippen molar-refractivity contribution in [1.82, 2.24) is 0 Å². The van der Waals surface area contributed by atoms with Gasteiger partial charge in [0.25, 0.3) is 0 Å². The van der Waals surface area contributed by atoms with Gasteiger partial charge in [-0.15, -0.1) is 0 Å². The molecule has 0 bridgehead atoms. The SMILES string of the molecule is CCN(CCO)c1cccc(Br)c1C#N. The van der Waals surface area contributed by atoms with Gasteiger partial charge in [-0.05, 0) is 35.0 Å². The second kappa shape index (κ2) is 5.74. The summed E-state index contributed by atoms with van der Waals surface area (Å²) in [5.74, 6) is 0. The van der Waals surface area contributed by atoms with Crippen LogP contribution in [0.4, 0.5) is 5.69 Å². The molecule has 0 aromatic heterocycles. The molecule has 80 valence electrons. The van der Waals surface area contributed by atoms with Gasteiger partial charge in [0, 0.05) is 17.6 Å². The van der Waals surface area contributed by atoms with E-state index in [2.05, 4.69) is 22.0 Å². The van der Waals surface area contributed by atoms with Crippen molar-refractivity contribution in [2.45, 2.75) is 6.92 Å². The Morgan fingerprint density at radius 2 is 2.27 bits per heavy atom. The van der Waals surface area contributed by atoms with Crippen molar-refractivity contribution >= 4 is 21.6 Å². The molecule has 0 saturated heterocycles. The topological polar surface area (TPSA) is 47.3 Å². The lowest BCUT2D eigenvalue weighted by Gasteiger charge is -2.23. The maximum absolute atomic E-state index is 9.04. The number of nitrogens with zero attached hydrogens (tertiary/aromatic N) is 2. The van der Waals surface area contributed by atoms with Gasteiger partial charge in [0.1, 0.15) is 6.07 Å². The molecule has 1 aromatic carbocycles. The maximum Gasteiger partial charge on any atom is 0.103 e. The number of hydrogen-bond acceptors (Lipinski definition) is 3. The molecule has 15 heavy (non-hydrogen) atoms. The lowest BCUT2D eigenvalue weighted by atomic mass is 10.1. The zero-order valence-corrected chi connectivity index (χ0v) is 10.2. The van der Waals surface area contributed by atoms with E-state index in [-0.39, 0.29) is 6.61 Å². The highest BCUT2D eigenvalue weighted by atomic mass is 79.9. The molecule has 1 rings (SSSR count). The molecule has 0 saturated carbocycles. The number of benzene rings is 1. The number of halogens is 1. The monoisotopic (exact) mass is 268 g/mol. The van der Waals surface area contributed by atoms with E-state index in [1.165, 1.54) is 0 Å². The van der Waals surface area contributed by atoms with Gasteiger partial charge < -0.3 is 10.0 Å². The van der Waals surface area contributed by atoms with Gasteiger partial charge in [-0.3, -0.25) is 0 Å². The van der Waals surface area contributed by atoms with Crippen LogP contribution in [-0.2, 0) is 0 Å². The number of likely N-dealkylation sites (N-methyl/N-ethyl adjacent to an activating group) is 1. The molecule has 1 aromatic rings. The fourth-order valence-corrected chi connectivity index (χ4v) is 1.90. The van der Waals surface area contributed by atoms with Gasteiger partial charge in [0.15, 0.2) is 0 Å². The Morgan fingerprint density at radius 1 is 1.53 bits per heavy atom. The second-order valence-electron chi connectivity index (χ2n) is 3.05. The summed E-state index contributed by atoms with van der Waals surface area (Å²) in [5, 5.41) is 18.0. The molecule has 0 amide bonds. The van der Waals surface area contributed by atoms with E-state index in [1.807, 2.05) is 30.0 Å². The lowest BCUT2D eigenvalue weighted by molar-refractivity contribution is 0.302. The van der Waals surface area contributed by atoms with Gasteiger partial charge >= 0.3 is 0 Å². The molecule has 0 spiro atoms. The molecule has 0 aliphatic carbocycles. The predicted octanol–water partition coefficient (Wildman–Crippen LogP) is 2.14. The third-order valence-electron chi connectivity index (χ3n) is 2.20. The second-order valence-corrected chi connectivity index (χ2v) is 3.90. The zero-order chi connectivity index (χ0) is 11.3. The molecule has 3 nitrogen and oxygen atoms in total. The summed E-state index contributed by atoms with van der Waals surface area (Å²) in [6.07, 6.45) is 0. The summed E-state index contributed by atoms with van der Waals surface area (Å²) in [5.41, 5.74) is 1.48. The molecule has 0 unspecified atom stereocenters. The van der Waals surface area contributed by atoms with Crippen LogP contribution >= 0.6 is 15.9 Å². The van der Waals surface area contributed by atoms with Crippen LogP contribution in [0.2, 0.25) is 0 Å². The third-order valence-corrected chi connectivity index (χ3v) is 2.86. The molecular weight excluding hydrogens is 256 g/mol. The van der Waals surface area contributed by atoms with Gasteiger partial charge in [-0.2, -0.15) is 5.26 Å². The number of rotatable bonds is 4. The Bertz CT molecular complexity index is 373. The Morgan fingerprint density at radius 3 is 2.80 bits per heavy atom. The Labute approximate surface area is 98.1 Å². The predicted molar refractivity (Wildman–Crippen MR) is 63.8 cm³/mol. The number of nitriles is 1. The highest BCUT2D eigenvalue weighted by Crippen LogP contribution is 2.26. The lowest BCUT2D eigenvalue weighted by Crippen LogP contribution is -2.26. The van der Waals surface area contributed by atoms with Gasteiger partial charge in [0.05, 0.1) is 17.9 Å². The van der Waals surface area contributed by atoms with Crippen molar-refractivity contribution in [3.8, 4) is 6.07 Å². The Balaban J connectivity index is 3.12. The minimum Gasteiger partial charge on any atom is -0.395 e. The largest absolute Gasteiger partial charge is 0.395 e. The van der Waals surface area contributed by atoms with Crippen molar-refractivity contribution in [2.75, 3.05) is 24.6 Å². The van der Waals surface area contributed by atoms with Crippen LogP contribution in [0.15, 0.2) is 22.7 Å². The van der Waals surface area contributed by atoms with Crippen LogP contribution in [0, 0.1) is 11.3 Å². The Hall–Kier alpha value is -1.05. The van der Waals surface area contributed by atoms with E-state index in [0.29, 0.717) is 12.1 Å². The molecule has 1 N–H and O–H groups in total. The quantitative estimate of drug-likeness (QED) is 0.910. The first kappa shape index (κ1) is 12.0. The summed E-state index contributed by atoms with van der Waals surface area (Å²) in [4.78, 5) is 1.98. The van der Waals surface area contributed by atoms with Crippen LogP contribution in [0.5, 0.6) is 0 Å². The maximum atomic E-state index is 9.04. The summed E-state index contributed by atoms with van der Waals surface area (Å²) in [6, 6.07) is 7.79. The molecule has 0 heterocycles. The number of anilines is 1. The number of hydrogen-bond donors (Lipinski definition) is 1. The highest BCUT2D eigenvalue weighted by molar-refractivity contribution is 9.10. The smallest absolute Gasteiger partial charge is 0.103 e. The number of aliphatic hydroxyl groups excluding tert-OH is 1. The number of aliphatic hydroxyl groups is 1. The zero-order valence-electron chi connectivity index (χ0n) is 8.57. The van der Waals surface area contributed by atoms with E-state index in [4.69, 9.17) is 10.4 Å². The van der Waals surface area contributed by atoms with Crippen LogP contribution in [0.25, 0.3) is 0 Å². The molecule has 4 heteroatoms. The Kier molecular flexibility index (Phi) is 4.60. The molecular formula is C11H13BrN2O. The summed E-state index contributed by atoms with van der Waals surface area (Å²) in [7, 11) is 0. The van der Waals surface area contributed by atoms with Gasteiger partial charge in [-0.1, -0.05) is 6.07 Å². The molecule has 0 atom stereocenters. The van der Waals surface area contributed by atoms with Crippen molar-refractivity contribution < 1.29 is 5.11 Å². The van der Waals surface area contributed by atoms with Crippen LogP contribution in [0.1, 0.15) is 12.5 Å². The minimum atomic E-state index is 0.0885. The average Bonchev–Trinajstić information content (AvgIpc) is 2.25. The molecule has 0 aliphatic rings. The molecule has 0 fully saturated rings. The van der Waals surface area contributed by atoms with E-state index < -0.39 is 0 Å². The van der Waals surface area contributed by atoms with Gasteiger partial charge in [-0.25, -0.2) is 0 Å². The molecule has 0 aliphatic heterocycles. The normalized spacial score (nSPS) is 9.73. The fraction of sp³-hybridized carbons (Fsp3) is 0.364. The van der Waals surface area contributed by atoms with Gasteiger partial charge in [0.2, 0.25) is 0 Å². The third kappa shape index (κ3) is 2.71. The van der Waals surface area contributed by atoms with E-state index in [0.717, 1.165) is 16.7 Å². The molecule has 0 radical (unpaired) electrons. The first-order valence-electron chi connectivity index (χ1n) is 4.79. The standard InChI is InChI=1S/C11H13BrN2O/c1-2-14(6-7-15)11-5-3-4-10(12)9(11)8-13/h3-5,15H,2,6-7H2,1H3.